The van der Waals surface area contributed by atoms with Crippen LogP contribution in [0.5, 0.6) is 5.75 Å². The number of carboxylic acid groups (broad SMARTS) is 2. The number of aromatic carboxylic acids is 2. The molecule has 5 nitrogen and oxygen atoms in total. The van der Waals surface area contributed by atoms with Crippen molar-refractivity contribution in [2.24, 2.45) is 0 Å². The first-order chi connectivity index (χ1) is 10.5. The molecule has 2 N–H and O–H groups in total. The van der Waals surface area contributed by atoms with E-state index in [2.05, 4.69) is 0 Å². The number of carbonyl (C=O) groups is 2. The summed E-state index contributed by atoms with van der Waals surface area (Å²) in [6, 6.07) is 11.5. The second-order valence-corrected chi connectivity index (χ2v) is 4.52. The minimum absolute atomic E-state index is 0.228. The van der Waals surface area contributed by atoms with Crippen LogP contribution in [-0.4, -0.2) is 29.3 Å². The van der Waals surface area contributed by atoms with Gasteiger partial charge in [-0.15, -0.1) is 0 Å². The first-order valence-electron chi connectivity index (χ1n) is 6.44. The summed E-state index contributed by atoms with van der Waals surface area (Å²) in [5.74, 6) is -1.78. The molecule has 2 rings (SSSR count). The second-order valence-electron chi connectivity index (χ2n) is 4.52. The lowest BCUT2D eigenvalue weighted by atomic mass is 10.0. The van der Waals surface area contributed by atoms with E-state index in [0.29, 0.717) is 5.56 Å². The van der Waals surface area contributed by atoms with Crippen LogP contribution in [-0.2, 0) is 0 Å². The van der Waals surface area contributed by atoms with Crippen LogP contribution >= 0.6 is 0 Å². The SMILES string of the molecule is COc1ccc(/C=C/c2ccc(C(=O)O)c(C(=O)O)c2)cc1. The van der Waals surface area contributed by atoms with E-state index in [4.69, 9.17) is 14.9 Å². The second kappa shape index (κ2) is 6.58. The highest BCUT2D eigenvalue weighted by Gasteiger charge is 2.15. The molecule has 0 amide bonds. The molecule has 0 spiro atoms. The number of carboxylic acids is 2. The fourth-order valence-corrected chi connectivity index (χ4v) is 1.94. The molecule has 0 bridgehead atoms. The molecule has 0 saturated heterocycles. The first kappa shape index (κ1) is 15.3. The van der Waals surface area contributed by atoms with Crippen LogP contribution in [0.1, 0.15) is 31.8 Å². The Morgan fingerprint density at radius 3 is 1.95 bits per heavy atom. The van der Waals surface area contributed by atoms with E-state index in [1.807, 2.05) is 24.3 Å². The zero-order chi connectivity index (χ0) is 16.1. The van der Waals surface area contributed by atoms with E-state index in [-0.39, 0.29) is 11.1 Å². The number of hydrogen-bond acceptors (Lipinski definition) is 3. The standard InChI is InChI=1S/C17H14O5/c1-22-13-7-4-11(5-8-13)2-3-12-6-9-14(16(18)19)15(10-12)17(20)21/h2-10H,1H3,(H,18,19)(H,20,21)/b3-2+. The maximum Gasteiger partial charge on any atom is 0.336 e. The van der Waals surface area contributed by atoms with Crippen LogP contribution in [0.15, 0.2) is 42.5 Å². The van der Waals surface area contributed by atoms with Crippen molar-refractivity contribution in [1.82, 2.24) is 0 Å². The minimum atomic E-state index is -1.27. The van der Waals surface area contributed by atoms with Gasteiger partial charge in [0.1, 0.15) is 5.75 Å². The van der Waals surface area contributed by atoms with Crippen molar-refractivity contribution in [3.63, 3.8) is 0 Å². The highest BCUT2D eigenvalue weighted by molar-refractivity contribution is 6.02. The molecule has 5 heteroatoms. The molecular formula is C17H14O5. The molecule has 22 heavy (non-hydrogen) atoms. The molecule has 0 heterocycles. The molecule has 0 atom stereocenters. The summed E-state index contributed by atoms with van der Waals surface area (Å²) in [5.41, 5.74) is 1.07. The average molecular weight is 298 g/mol. The number of benzene rings is 2. The topological polar surface area (TPSA) is 83.8 Å². The van der Waals surface area contributed by atoms with Gasteiger partial charge >= 0.3 is 11.9 Å². The van der Waals surface area contributed by atoms with Gasteiger partial charge in [-0.05, 0) is 35.4 Å². The Kier molecular flexibility index (Phi) is 4.58. The Morgan fingerprint density at radius 2 is 1.41 bits per heavy atom. The van der Waals surface area contributed by atoms with Gasteiger partial charge in [0, 0.05) is 0 Å². The fraction of sp³-hybridized carbons (Fsp3) is 0.0588. The number of hydrogen-bond donors (Lipinski definition) is 2. The van der Waals surface area contributed by atoms with Crippen LogP contribution in [0.3, 0.4) is 0 Å². The van der Waals surface area contributed by atoms with Gasteiger partial charge in [0.25, 0.3) is 0 Å². The Morgan fingerprint density at radius 1 is 0.864 bits per heavy atom. The maximum absolute atomic E-state index is 11.1. The van der Waals surface area contributed by atoms with Crippen LogP contribution in [0.2, 0.25) is 0 Å². The lowest BCUT2D eigenvalue weighted by Gasteiger charge is -2.03. The van der Waals surface area contributed by atoms with E-state index >= 15 is 0 Å². The summed E-state index contributed by atoms with van der Waals surface area (Å²) < 4.78 is 5.06. The third-order valence-corrected chi connectivity index (χ3v) is 3.09. The zero-order valence-electron chi connectivity index (χ0n) is 11.8. The highest BCUT2D eigenvalue weighted by atomic mass is 16.5. The average Bonchev–Trinajstić information content (AvgIpc) is 2.53. The zero-order valence-corrected chi connectivity index (χ0v) is 11.8. The van der Waals surface area contributed by atoms with Gasteiger partial charge in [-0.1, -0.05) is 30.4 Å². The summed E-state index contributed by atoms with van der Waals surface area (Å²) >= 11 is 0. The van der Waals surface area contributed by atoms with Gasteiger partial charge in [0.15, 0.2) is 0 Å². The highest BCUT2D eigenvalue weighted by Crippen LogP contribution is 2.17. The largest absolute Gasteiger partial charge is 0.497 e. The molecule has 0 radical (unpaired) electrons. The Labute approximate surface area is 127 Å². The summed E-state index contributed by atoms with van der Waals surface area (Å²) in [4.78, 5) is 22.1. The van der Waals surface area contributed by atoms with Crippen LogP contribution < -0.4 is 4.74 Å². The monoisotopic (exact) mass is 298 g/mol. The van der Waals surface area contributed by atoms with E-state index in [0.717, 1.165) is 11.3 Å². The van der Waals surface area contributed by atoms with Crippen molar-refractivity contribution in [3.8, 4) is 5.75 Å². The molecule has 2 aromatic carbocycles. The quantitative estimate of drug-likeness (QED) is 0.828. The maximum atomic E-state index is 11.1. The molecule has 0 aliphatic heterocycles. The number of rotatable bonds is 5. The van der Waals surface area contributed by atoms with Crippen molar-refractivity contribution in [2.45, 2.75) is 0 Å². The fourth-order valence-electron chi connectivity index (χ4n) is 1.94. The molecule has 0 aromatic heterocycles. The predicted octanol–water partition coefficient (Wildman–Crippen LogP) is 3.26. The minimum Gasteiger partial charge on any atom is -0.497 e. The lowest BCUT2D eigenvalue weighted by Crippen LogP contribution is -2.07. The molecule has 0 unspecified atom stereocenters. The van der Waals surface area contributed by atoms with E-state index in [1.54, 1.807) is 25.3 Å². The molecular weight excluding hydrogens is 284 g/mol. The summed E-state index contributed by atoms with van der Waals surface area (Å²) in [5, 5.41) is 18.1. The third kappa shape index (κ3) is 3.52. The van der Waals surface area contributed by atoms with Crippen molar-refractivity contribution in [3.05, 3.63) is 64.7 Å². The summed E-state index contributed by atoms with van der Waals surface area (Å²) in [6.45, 7) is 0. The van der Waals surface area contributed by atoms with Crippen molar-refractivity contribution in [1.29, 1.82) is 0 Å². The van der Waals surface area contributed by atoms with Gasteiger partial charge in [0.05, 0.1) is 18.2 Å². The molecule has 0 fully saturated rings. The summed E-state index contributed by atoms with van der Waals surface area (Å²) in [7, 11) is 1.59. The number of ether oxygens (including phenoxy) is 1. The summed E-state index contributed by atoms with van der Waals surface area (Å²) in [6.07, 6.45) is 3.53. The van der Waals surface area contributed by atoms with Gasteiger partial charge in [-0.25, -0.2) is 9.59 Å². The van der Waals surface area contributed by atoms with E-state index in [1.165, 1.54) is 12.1 Å². The van der Waals surface area contributed by atoms with E-state index < -0.39 is 11.9 Å². The third-order valence-electron chi connectivity index (χ3n) is 3.09. The van der Waals surface area contributed by atoms with Gasteiger partial charge in [0.2, 0.25) is 0 Å². The van der Waals surface area contributed by atoms with Crippen LogP contribution in [0, 0.1) is 0 Å². The smallest absolute Gasteiger partial charge is 0.336 e. The lowest BCUT2D eigenvalue weighted by molar-refractivity contribution is 0.0651. The van der Waals surface area contributed by atoms with Crippen LogP contribution in [0.4, 0.5) is 0 Å². The Balaban J connectivity index is 2.28. The van der Waals surface area contributed by atoms with Crippen LogP contribution in [0.25, 0.3) is 12.2 Å². The molecule has 0 saturated carbocycles. The van der Waals surface area contributed by atoms with Gasteiger partial charge in [-0.3, -0.25) is 0 Å². The van der Waals surface area contributed by atoms with Gasteiger partial charge in [-0.2, -0.15) is 0 Å². The van der Waals surface area contributed by atoms with Crippen molar-refractivity contribution >= 4 is 24.1 Å². The first-order valence-corrected chi connectivity index (χ1v) is 6.44. The normalized spacial score (nSPS) is 10.6. The van der Waals surface area contributed by atoms with Crippen molar-refractivity contribution < 1.29 is 24.5 Å². The van der Waals surface area contributed by atoms with Gasteiger partial charge < -0.3 is 14.9 Å². The predicted molar refractivity (Wildman–Crippen MR) is 82.3 cm³/mol. The molecule has 112 valence electrons. The molecule has 2 aromatic rings. The molecule has 0 aliphatic rings. The van der Waals surface area contributed by atoms with Crippen molar-refractivity contribution in [2.75, 3.05) is 7.11 Å². The molecule has 0 aliphatic carbocycles. The Bertz CT molecular complexity index is 729. The van der Waals surface area contributed by atoms with E-state index in [9.17, 15) is 9.59 Å². The Hall–Kier alpha value is -3.08. The number of methoxy groups -OCH3 is 1.